The zero-order valence-electron chi connectivity index (χ0n) is 9.56. The highest BCUT2D eigenvalue weighted by molar-refractivity contribution is 5.70. The summed E-state index contributed by atoms with van der Waals surface area (Å²) in [6.45, 7) is 1.22. The summed E-state index contributed by atoms with van der Waals surface area (Å²) in [4.78, 5) is 11.2. The minimum absolute atomic E-state index is 0.170. The summed E-state index contributed by atoms with van der Waals surface area (Å²) in [5, 5.41) is 0. The zero-order valence-corrected chi connectivity index (χ0v) is 9.56. The molecule has 1 aromatic rings. The van der Waals surface area contributed by atoms with Crippen LogP contribution in [0.3, 0.4) is 0 Å². The van der Waals surface area contributed by atoms with Crippen LogP contribution in [0.25, 0.3) is 0 Å². The first kappa shape index (κ1) is 11.7. The standard InChI is InChI=1S/C12H18NO2/c1-13(2,10-12(14)15-3)9-11-7-5-4-6-8-11/h4-8H,9-10H2,1-3H3/q+1. The van der Waals surface area contributed by atoms with Crippen LogP contribution < -0.4 is 0 Å². The molecule has 0 spiro atoms. The predicted octanol–water partition coefficient (Wildman–Crippen LogP) is 1.44. The van der Waals surface area contributed by atoms with Crippen molar-refractivity contribution in [1.82, 2.24) is 0 Å². The first-order valence-corrected chi connectivity index (χ1v) is 4.96. The van der Waals surface area contributed by atoms with Gasteiger partial charge in [-0.1, -0.05) is 30.3 Å². The first-order chi connectivity index (χ1) is 7.03. The van der Waals surface area contributed by atoms with Crippen LogP contribution in [0.1, 0.15) is 5.56 Å². The molecular formula is C12H18NO2+. The van der Waals surface area contributed by atoms with E-state index in [4.69, 9.17) is 0 Å². The molecule has 3 nitrogen and oxygen atoms in total. The molecular weight excluding hydrogens is 190 g/mol. The molecule has 0 N–H and O–H groups in total. The lowest BCUT2D eigenvalue weighted by Gasteiger charge is -2.28. The van der Waals surface area contributed by atoms with E-state index in [2.05, 4.69) is 16.9 Å². The van der Waals surface area contributed by atoms with E-state index in [0.717, 1.165) is 6.54 Å². The molecule has 0 aliphatic carbocycles. The summed E-state index contributed by atoms with van der Waals surface area (Å²) >= 11 is 0. The second-order valence-corrected chi connectivity index (χ2v) is 4.31. The molecule has 0 aliphatic heterocycles. The Bertz CT molecular complexity index is 320. The van der Waals surface area contributed by atoms with Crippen molar-refractivity contribution < 1.29 is 14.0 Å². The number of ether oxygens (including phenoxy) is 1. The van der Waals surface area contributed by atoms with Gasteiger partial charge in [-0.25, -0.2) is 4.79 Å². The van der Waals surface area contributed by atoms with Crippen molar-refractivity contribution in [2.24, 2.45) is 0 Å². The zero-order chi connectivity index (χ0) is 11.3. The lowest BCUT2D eigenvalue weighted by molar-refractivity contribution is -0.896. The van der Waals surface area contributed by atoms with Crippen LogP contribution in [0.15, 0.2) is 30.3 Å². The lowest BCUT2D eigenvalue weighted by Crippen LogP contribution is -2.43. The maximum atomic E-state index is 11.2. The van der Waals surface area contributed by atoms with E-state index in [1.807, 2.05) is 32.3 Å². The van der Waals surface area contributed by atoms with E-state index < -0.39 is 0 Å². The molecule has 0 heterocycles. The molecule has 3 heteroatoms. The molecule has 1 aromatic carbocycles. The smallest absolute Gasteiger partial charge is 0.361 e. The maximum Gasteiger partial charge on any atom is 0.361 e. The van der Waals surface area contributed by atoms with Gasteiger partial charge in [0.15, 0.2) is 6.54 Å². The molecule has 0 saturated heterocycles. The molecule has 0 saturated carbocycles. The molecule has 0 aliphatic rings. The summed E-state index contributed by atoms with van der Waals surface area (Å²) < 4.78 is 5.28. The van der Waals surface area contributed by atoms with Gasteiger partial charge in [-0.2, -0.15) is 0 Å². The van der Waals surface area contributed by atoms with Gasteiger partial charge < -0.3 is 9.22 Å². The van der Waals surface area contributed by atoms with Gasteiger partial charge in [0, 0.05) is 5.56 Å². The van der Waals surface area contributed by atoms with Crippen LogP contribution in [0.4, 0.5) is 0 Å². The topological polar surface area (TPSA) is 26.3 Å². The third-order valence-corrected chi connectivity index (χ3v) is 2.24. The van der Waals surface area contributed by atoms with Crippen molar-refractivity contribution in [1.29, 1.82) is 0 Å². The Morgan fingerprint density at radius 3 is 2.40 bits per heavy atom. The Hall–Kier alpha value is -1.35. The van der Waals surface area contributed by atoms with Crippen LogP contribution in [-0.4, -0.2) is 38.2 Å². The monoisotopic (exact) mass is 208 g/mol. The number of esters is 1. The van der Waals surface area contributed by atoms with Gasteiger partial charge in [0.25, 0.3) is 0 Å². The van der Waals surface area contributed by atoms with E-state index >= 15 is 0 Å². The van der Waals surface area contributed by atoms with Gasteiger partial charge in [0.05, 0.1) is 21.2 Å². The van der Waals surface area contributed by atoms with Gasteiger partial charge in [0.1, 0.15) is 6.54 Å². The van der Waals surface area contributed by atoms with Crippen molar-refractivity contribution in [2.75, 3.05) is 27.7 Å². The van der Waals surface area contributed by atoms with Crippen LogP contribution >= 0.6 is 0 Å². The average Bonchev–Trinajstić information content (AvgIpc) is 2.17. The summed E-state index contributed by atoms with van der Waals surface area (Å²) in [5.74, 6) is -0.170. The number of quaternary nitrogens is 1. The van der Waals surface area contributed by atoms with E-state index in [0.29, 0.717) is 11.0 Å². The summed E-state index contributed by atoms with van der Waals surface area (Å²) in [6, 6.07) is 10.1. The van der Waals surface area contributed by atoms with Gasteiger partial charge in [-0.3, -0.25) is 0 Å². The Balaban J connectivity index is 2.60. The number of rotatable bonds is 4. The van der Waals surface area contributed by atoms with Gasteiger partial charge in [-0.15, -0.1) is 0 Å². The quantitative estimate of drug-likeness (QED) is 0.553. The predicted molar refractivity (Wildman–Crippen MR) is 59.1 cm³/mol. The number of carbonyl (C=O) groups excluding carboxylic acids is 1. The number of methoxy groups -OCH3 is 1. The molecule has 0 amide bonds. The highest BCUT2D eigenvalue weighted by atomic mass is 16.5. The fourth-order valence-electron chi connectivity index (χ4n) is 1.55. The van der Waals surface area contributed by atoms with Crippen molar-refractivity contribution in [3.8, 4) is 0 Å². The number of benzene rings is 1. The van der Waals surface area contributed by atoms with Crippen LogP contribution in [0, 0.1) is 0 Å². The van der Waals surface area contributed by atoms with Crippen molar-refractivity contribution in [2.45, 2.75) is 6.54 Å². The third-order valence-electron chi connectivity index (χ3n) is 2.24. The minimum Gasteiger partial charge on any atom is -0.465 e. The Labute approximate surface area is 90.9 Å². The molecule has 1 rings (SSSR count). The fourth-order valence-corrected chi connectivity index (χ4v) is 1.55. The van der Waals surface area contributed by atoms with Crippen LogP contribution in [0.5, 0.6) is 0 Å². The normalized spacial score (nSPS) is 11.1. The Morgan fingerprint density at radius 2 is 1.87 bits per heavy atom. The van der Waals surface area contributed by atoms with E-state index in [-0.39, 0.29) is 5.97 Å². The summed E-state index contributed by atoms with van der Waals surface area (Å²) in [7, 11) is 5.46. The van der Waals surface area contributed by atoms with Gasteiger partial charge in [-0.05, 0) is 0 Å². The highest BCUT2D eigenvalue weighted by Gasteiger charge is 2.20. The van der Waals surface area contributed by atoms with E-state index in [1.165, 1.54) is 12.7 Å². The molecule has 15 heavy (non-hydrogen) atoms. The first-order valence-electron chi connectivity index (χ1n) is 4.96. The maximum absolute atomic E-state index is 11.2. The van der Waals surface area contributed by atoms with Gasteiger partial charge >= 0.3 is 5.97 Å². The average molecular weight is 208 g/mol. The van der Waals surface area contributed by atoms with Crippen molar-refractivity contribution >= 4 is 5.97 Å². The molecule has 0 radical (unpaired) electrons. The van der Waals surface area contributed by atoms with Crippen molar-refractivity contribution in [3.05, 3.63) is 35.9 Å². The second-order valence-electron chi connectivity index (χ2n) is 4.31. The van der Waals surface area contributed by atoms with Gasteiger partial charge in [0.2, 0.25) is 0 Å². The largest absolute Gasteiger partial charge is 0.465 e. The van der Waals surface area contributed by atoms with E-state index in [9.17, 15) is 4.79 Å². The number of hydrogen-bond donors (Lipinski definition) is 0. The fraction of sp³-hybridized carbons (Fsp3) is 0.417. The molecule has 0 unspecified atom stereocenters. The minimum atomic E-state index is -0.170. The lowest BCUT2D eigenvalue weighted by atomic mass is 10.2. The summed E-state index contributed by atoms with van der Waals surface area (Å²) in [5.41, 5.74) is 1.23. The second kappa shape index (κ2) is 4.94. The molecule has 0 fully saturated rings. The van der Waals surface area contributed by atoms with Crippen LogP contribution in [-0.2, 0) is 16.1 Å². The number of carbonyl (C=O) groups is 1. The van der Waals surface area contributed by atoms with E-state index in [1.54, 1.807) is 0 Å². The molecule has 0 atom stereocenters. The third kappa shape index (κ3) is 4.13. The van der Waals surface area contributed by atoms with Crippen LogP contribution in [0.2, 0.25) is 0 Å². The SMILES string of the molecule is COC(=O)C[N+](C)(C)Cc1ccccc1. The van der Waals surface area contributed by atoms with Crippen molar-refractivity contribution in [3.63, 3.8) is 0 Å². The molecule has 0 aromatic heterocycles. The molecule has 0 bridgehead atoms. The molecule has 82 valence electrons. The Morgan fingerprint density at radius 1 is 1.27 bits per heavy atom. The number of nitrogens with zero attached hydrogens (tertiary/aromatic N) is 1. The highest BCUT2D eigenvalue weighted by Crippen LogP contribution is 2.08. The summed E-state index contributed by atoms with van der Waals surface area (Å²) in [6.07, 6.45) is 0. The number of hydrogen-bond acceptors (Lipinski definition) is 2. The Kier molecular flexibility index (Phi) is 3.86. The number of likely N-dealkylation sites (N-methyl/N-ethyl adjacent to an activating group) is 1.